The van der Waals surface area contributed by atoms with Crippen molar-refractivity contribution in [3.63, 3.8) is 0 Å². The van der Waals surface area contributed by atoms with Gasteiger partial charge in [-0.05, 0) is 19.4 Å². The number of aromatic amines is 1. The molecular formula is C9H17N3O. The van der Waals surface area contributed by atoms with Gasteiger partial charge in [0.15, 0.2) is 0 Å². The van der Waals surface area contributed by atoms with Gasteiger partial charge in [-0.25, -0.2) is 0 Å². The molecule has 2 atom stereocenters. The molecule has 1 aromatic heterocycles. The zero-order chi connectivity index (χ0) is 9.84. The molecule has 0 aromatic carbocycles. The first kappa shape index (κ1) is 10.2. The molecule has 0 radical (unpaired) electrons. The number of H-pyrrole nitrogens is 1. The smallest absolute Gasteiger partial charge is 0.113 e. The van der Waals surface area contributed by atoms with E-state index in [1.54, 1.807) is 0 Å². The van der Waals surface area contributed by atoms with E-state index >= 15 is 0 Å². The summed E-state index contributed by atoms with van der Waals surface area (Å²) in [5.74, 6) is 0. The van der Waals surface area contributed by atoms with Crippen LogP contribution in [0.4, 0.5) is 0 Å². The van der Waals surface area contributed by atoms with Crippen molar-refractivity contribution in [3.8, 4) is 0 Å². The van der Waals surface area contributed by atoms with Gasteiger partial charge in [-0.15, -0.1) is 0 Å². The molecule has 1 rings (SSSR count). The normalized spacial score (nSPS) is 15.7. The topological polar surface area (TPSA) is 74.9 Å². The standard InChI is InChI=1S/C9H17N3O/c1-3-4-7(10)9(13)8-5-6(2)11-12-8/h5,7,9,13H,3-4,10H2,1-2H3,(H,11,12). The number of rotatable bonds is 4. The van der Waals surface area contributed by atoms with Crippen LogP contribution >= 0.6 is 0 Å². The second-order valence-corrected chi connectivity index (χ2v) is 3.37. The van der Waals surface area contributed by atoms with E-state index in [4.69, 9.17) is 5.73 Å². The minimum Gasteiger partial charge on any atom is -0.385 e. The highest BCUT2D eigenvalue weighted by Crippen LogP contribution is 2.16. The van der Waals surface area contributed by atoms with E-state index in [0.717, 1.165) is 18.5 Å². The van der Waals surface area contributed by atoms with Crippen LogP contribution in [0.2, 0.25) is 0 Å². The van der Waals surface area contributed by atoms with Crippen LogP contribution in [0.5, 0.6) is 0 Å². The number of hydrogen-bond donors (Lipinski definition) is 3. The van der Waals surface area contributed by atoms with Crippen LogP contribution in [0.15, 0.2) is 6.07 Å². The van der Waals surface area contributed by atoms with Crippen molar-refractivity contribution >= 4 is 0 Å². The van der Waals surface area contributed by atoms with E-state index in [1.807, 2.05) is 19.9 Å². The molecular weight excluding hydrogens is 166 g/mol. The number of aliphatic hydroxyl groups excluding tert-OH is 1. The third-order valence-electron chi connectivity index (χ3n) is 2.06. The largest absolute Gasteiger partial charge is 0.385 e. The molecule has 4 heteroatoms. The fourth-order valence-electron chi connectivity index (χ4n) is 1.30. The van der Waals surface area contributed by atoms with Gasteiger partial charge in [-0.1, -0.05) is 13.3 Å². The third-order valence-corrected chi connectivity index (χ3v) is 2.06. The van der Waals surface area contributed by atoms with Crippen LogP contribution in [-0.4, -0.2) is 21.3 Å². The molecule has 0 amide bonds. The first-order chi connectivity index (χ1) is 6.15. The Labute approximate surface area is 78.2 Å². The number of nitrogens with zero attached hydrogens (tertiary/aromatic N) is 1. The van der Waals surface area contributed by atoms with Crippen molar-refractivity contribution in [1.82, 2.24) is 10.2 Å². The van der Waals surface area contributed by atoms with E-state index in [2.05, 4.69) is 10.2 Å². The summed E-state index contributed by atoms with van der Waals surface area (Å²) in [4.78, 5) is 0. The molecule has 13 heavy (non-hydrogen) atoms. The second-order valence-electron chi connectivity index (χ2n) is 3.37. The van der Waals surface area contributed by atoms with E-state index in [1.165, 1.54) is 0 Å². The summed E-state index contributed by atoms with van der Waals surface area (Å²) in [7, 11) is 0. The fraction of sp³-hybridized carbons (Fsp3) is 0.667. The summed E-state index contributed by atoms with van der Waals surface area (Å²) in [6.07, 6.45) is 1.14. The van der Waals surface area contributed by atoms with E-state index < -0.39 is 6.10 Å². The van der Waals surface area contributed by atoms with Crippen molar-refractivity contribution in [2.24, 2.45) is 5.73 Å². The summed E-state index contributed by atoms with van der Waals surface area (Å²) in [6, 6.07) is 1.60. The minimum absolute atomic E-state index is 0.215. The Morgan fingerprint density at radius 3 is 2.85 bits per heavy atom. The number of nitrogens with one attached hydrogen (secondary N) is 1. The molecule has 2 unspecified atom stereocenters. The highest BCUT2D eigenvalue weighted by molar-refractivity contribution is 5.11. The highest BCUT2D eigenvalue weighted by atomic mass is 16.3. The van der Waals surface area contributed by atoms with Crippen molar-refractivity contribution < 1.29 is 5.11 Å². The van der Waals surface area contributed by atoms with Crippen LogP contribution in [0.1, 0.15) is 37.3 Å². The Bertz CT molecular complexity index is 259. The zero-order valence-electron chi connectivity index (χ0n) is 8.12. The average molecular weight is 183 g/mol. The van der Waals surface area contributed by atoms with Gasteiger partial charge in [0.2, 0.25) is 0 Å². The molecule has 0 fully saturated rings. The first-order valence-electron chi connectivity index (χ1n) is 4.60. The predicted molar refractivity (Wildman–Crippen MR) is 51.2 cm³/mol. The number of nitrogens with two attached hydrogens (primary N) is 1. The first-order valence-corrected chi connectivity index (χ1v) is 4.60. The van der Waals surface area contributed by atoms with E-state index in [-0.39, 0.29) is 6.04 Å². The summed E-state index contributed by atoms with van der Waals surface area (Å²) in [5.41, 5.74) is 7.34. The SMILES string of the molecule is CCCC(N)C(O)c1cc(C)[nH]n1. The van der Waals surface area contributed by atoms with Crippen LogP contribution < -0.4 is 5.73 Å². The lowest BCUT2D eigenvalue weighted by molar-refractivity contribution is 0.137. The summed E-state index contributed by atoms with van der Waals surface area (Å²) < 4.78 is 0. The highest BCUT2D eigenvalue weighted by Gasteiger charge is 2.18. The van der Waals surface area contributed by atoms with Crippen molar-refractivity contribution in [2.45, 2.75) is 38.8 Å². The minimum atomic E-state index is -0.648. The summed E-state index contributed by atoms with van der Waals surface area (Å²) >= 11 is 0. The predicted octanol–water partition coefficient (Wildman–Crippen LogP) is 0.879. The number of aliphatic hydroxyl groups is 1. The summed E-state index contributed by atoms with van der Waals surface area (Å²) in [6.45, 7) is 3.94. The maximum atomic E-state index is 9.73. The fourth-order valence-corrected chi connectivity index (χ4v) is 1.30. The van der Waals surface area contributed by atoms with E-state index in [9.17, 15) is 5.11 Å². The molecule has 0 saturated heterocycles. The van der Waals surface area contributed by atoms with Gasteiger partial charge in [-0.3, -0.25) is 5.10 Å². The van der Waals surface area contributed by atoms with Crippen LogP contribution in [0.25, 0.3) is 0 Å². The van der Waals surface area contributed by atoms with Gasteiger partial charge in [0.1, 0.15) is 6.10 Å². The number of hydrogen-bond acceptors (Lipinski definition) is 3. The molecule has 4 N–H and O–H groups in total. The van der Waals surface area contributed by atoms with Crippen molar-refractivity contribution in [1.29, 1.82) is 0 Å². The molecule has 0 aliphatic carbocycles. The average Bonchev–Trinajstić information content (AvgIpc) is 2.51. The van der Waals surface area contributed by atoms with Gasteiger partial charge in [0.25, 0.3) is 0 Å². The van der Waals surface area contributed by atoms with Gasteiger partial charge >= 0.3 is 0 Å². The van der Waals surface area contributed by atoms with E-state index in [0.29, 0.717) is 5.69 Å². The quantitative estimate of drug-likeness (QED) is 0.648. The second kappa shape index (κ2) is 4.39. The Hall–Kier alpha value is -0.870. The molecule has 0 aliphatic heterocycles. The Morgan fingerprint density at radius 2 is 2.38 bits per heavy atom. The zero-order valence-corrected chi connectivity index (χ0v) is 8.12. The molecule has 1 heterocycles. The van der Waals surface area contributed by atoms with Crippen LogP contribution in [0.3, 0.4) is 0 Å². The molecule has 4 nitrogen and oxygen atoms in total. The third kappa shape index (κ3) is 2.54. The molecule has 74 valence electrons. The Balaban J connectivity index is 2.61. The Kier molecular flexibility index (Phi) is 3.45. The maximum Gasteiger partial charge on any atom is 0.113 e. The van der Waals surface area contributed by atoms with Gasteiger partial charge in [0.05, 0.1) is 5.69 Å². The molecule has 0 bridgehead atoms. The van der Waals surface area contributed by atoms with Crippen LogP contribution in [0, 0.1) is 6.92 Å². The summed E-state index contributed by atoms with van der Waals surface area (Å²) in [5, 5.41) is 16.5. The lowest BCUT2D eigenvalue weighted by atomic mass is 10.0. The number of aromatic nitrogens is 2. The molecule has 0 aliphatic rings. The molecule has 1 aromatic rings. The van der Waals surface area contributed by atoms with Gasteiger partial charge < -0.3 is 10.8 Å². The Morgan fingerprint density at radius 1 is 1.69 bits per heavy atom. The van der Waals surface area contributed by atoms with Crippen molar-refractivity contribution in [3.05, 3.63) is 17.5 Å². The lowest BCUT2D eigenvalue weighted by Crippen LogP contribution is -2.28. The van der Waals surface area contributed by atoms with Gasteiger partial charge in [-0.2, -0.15) is 5.10 Å². The van der Waals surface area contributed by atoms with Crippen molar-refractivity contribution in [2.75, 3.05) is 0 Å². The maximum absolute atomic E-state index is 9.73. The monoisotopic (exact) mass is 183 g/mol. The number of aryl methyl sites for hydroxylation is 1. The van der Waals surface area contributed by atoms with Gasteiger partial charge in [0, 0.05) is 11.7 Å². The lowest BCUT2D eigenvalue weighted by Gasteiger charge is -2.15. The molecule has 0 spiro atoms. The van der Waals surface area contributed by atoms with Crippen LogP contribution in [-0.2, 0) is 0 Å². The molecule has 0 saturated carbocycles.